The van der Waals surface area contributed by atoms with Crippen molar-refractivity contribution >= 4 is 0 Å². The number of nitrogens with zero attached hydrogens (tertiary/aromatic N) is 2. The topological polar surface area (TPSA) is 83.4 Å². The van der Waals surface area contributed by atoms with Crippen molar-refractivity contribution in [3.8, 4) is 0 Å². The first-order chi connectivity index (χ1) is 9.85. The number of aromatic nitrogens is 2. The first-order valence-electron chi connectivity index (χ1n) is 6.63. The molecule has 3 rings (SSSR count). The lowest BCUT2D eigenvalue weighted by molar-refractivity contribution is 0.0597. The minimum absolute atomic E-state index is 0.119. The Hall–Kier alpha value is -1.76. The van der Waals surface area contributed by atoms with Crippen molar-refractivity contribution in [2.45, 2.75) is 24.9 Å². The van der Waals surface area contributed by atoms with Crippen LogP contribution in [0.3, 0.4) is 0 Å². The zero-order chi connectivity index (χ0) is 13.8. The smallest absolute Gasteiger partial charge is 0.254 e. The van der Waals surface area contributed by atoms with Crippen LogP contribution in [0.2, 0.25) is 0 Å². The van der Waals surface area contributed by atoms with Crippen LogP contribution in [-0.4, -0.2) is 23.4 Å². The Morgan fingerprint density at radius 3 is 2.65 bits per heavy atom. The Bertz CT molecular complexity index is 550. The molecule has 1 fully saturated rings. The maximum atomic E-state index is 5.49. The standard InChI is InChI=1S/C14H17N3O3/c15-19-10-12-16-13(17-20-12)14(6-8-18-9-7-14)11-4-2-1-3-5-11/h1-5H,6-10,15H2. The fraction of sp³-hybridized carbons (Fsp3) is 0.429. The van der Waals surface area contributed by atoms with Gasteiger partial charge in [0.05, 0.1) is 5.41 Å². The van der Waals surface area contributed by atoms with Gasteiger partial charge in [-0.2, -0.15) is 4.98 Å². The summed E-state index contributed by atoms with van der Waals surface area (Å²) in [6.07, 6.45) is 1.67. The maximum Gasteiger partial charge on any atom is 0.254 e. The van der Waals surface area contributed by atoms with Gasteiger partial charge < -0.3 is 9.26 Å². The van der Waals surface area contributed by atoms with E-state index in [4.69, 9.17) is 15.2 Å². The quantitative estimate of drug-likeness (QED) is 0.852. The van der Waals surface area contributed by atoms with Gasteiger partial charge in [0.1, 0.15) is 6.61 Å². The maximum absolute atomic E-state index is 5.49. The van der Waals surface area contributed by atoms with E-state index in [1.54, 1.807) is 0 Å². The van der Waals surface area contributed by atoms with Gasteiger partial charge in [0.15, 0.2) is 5.82 Å². The van der Waals surface area contributed by atoms with Crippen LogP contribution in [0.25, 0.3) is 0 Å². The first-order valence-corrected chi connectivity index (χ1v) is 6.63. The zero-order valence-corrected chi connectivity index (χ0v) is 11.1. The summed E-state index contributed by atoms with van der Waals surface area (Å²) in [6.45, 7) is 1.49. The summed E-state index contributed by atoms with van der Waals surface area (Å²) in [5, 5.41) is 4.13. The van der Waals surface area contributed by atoms with E-state index in [0.29, 0.717) is 24.9 Å². The van der Waals surface area contributed by atoms with Gasteiger partial charge in [-0.25, -0.2) is 5.90 Å². The lowest BCUT2D eigenvalue weighted by Crippen LogP contribution is -2.36. The summed E-state index contributed by atoms with van der Waals surface area (Å²) < 4.78 is 10.7. The summed E-state index contributed by atoms with van der Waals surface area (Å²) in [4.78, 5) is 8.98. The van der Waals surface area contributed by atoms with E-state index in [0.717, 1.165) is 12.8 Å². The number of ether oxygens (including phenoxy) is 1. The highest BCUT2D eigenvalue weighted by atomic mass is 16.6. The molecule has 0 radical (unpaired) electrons. The van der Waals surface area contributed by atoms with Gasteiger partial charge in [-0.15, -0.1) is 0 Å². The molecule has 0 unspecified atom stereocenters. The van der Waals surface area contributed by atoms with Crippen LogP contribution in [0.1, 0.15) is 30.1 Å². The Morgan fingerprint density at radius 1 is 1.20 bits per heavy atom. The van der Waals surface area contributed by atoms with E-state index in [9.17, 15) is 0 Å². The first kappa shape index (κ1) is 13.2. The Morgan fingerprint density at radius 2 is 1.95 bits per heavy atom. The average molecular weight is 275 g/mol. The van der Waals surface area contributed by atoms with Gasteiger partial charge in [-0.3, -0.25) is 4.84 Å². The second-order valence-corrected chi connectivity index (χ2v) is 4.88. The molecule has 1 aromatic heterocycles. The van der Waals surface area contributed by atoms with Crippen molar-refractivity contribution in [2.75, 3.05) is 13.2 Å². The van der Waals surface area contributed by atoms with Gasteiger partial charge in [0, 0.05) is 13.2 Å². The molecule has 6 heteroatoms. The molecule has 6 nitrogen and oxygen atoms in total. The van der Waals surface area contributed by atoms with Gasteiger partial charge >= 0.3 is 0 Å². The summed E-state index contributed by atoms with van der Waals surface area (Å²) >= 11 is 0. The number of benzene rings is 1. The Labute approximate surface area is 116 Å². The van der Waals surface area contributed by atoms with Gasteiger partial charge in [-0.05, 0) is 18.4 Å². The van der Waals surface area contributed by atoms with Crippen LogP contribution in [0.15, 0.2) is 34.9 Å². The second kappa shape index (κ2) is 5.70. The molecule has 20 heavy (non-hydrogen) atoms. The van der Waals surface area contributed by atoms with Crippen molar-refractivity contribution in [2.24, 2.45) is 5.90 Å². The van der Waals surface area contributed by atoms with Gasteiger partial charge in [0.25, 0.3) is 5.89 Å². The fourth-order valence-electron chi connectivity index (χ4n) is 2.70. The minimum atomic E-state index is -0.254. The van der Waals surface area contributed by atoms with Crippen molar-refractivity contribution in [1.82, 2.24) is 10.1 Å². The number of rotatable bonds is 4. The third-order valence-corrected chi connectivity index (χ3v) is 3.78. The molecule has 1 aliphatic heterocycles. The van der Waals surface area contributed by atoms with E-state index < -0.39 is 0 Å². The van der Waals surface area contributed by atoms with E-state index >= 15 is 0 Å². The van der Waals surface area contributed by atoms with Gasteiger partial charge in [0.2, 0.25) is 0 Å². The third-order valence-electron chi connectivity index (χ3n) is 3.78. The molecule has 106 valence electrons. The van der Waals surface area contributed by atoms with Crippen molar-refractivity contribution in [3.05, 3.63) is 47.6 Å². The molecule has 1 aromatic carbocycles. The average Bonchev–Trinajstić information content (AvgIpc) is 2.98. The lowest BCUT2D eigenvalue weighted by Gasteiger charge is -2.34. The van der Waals surface area contributed by atoms with Crippen LogP contribution in [0.5, 0.6) is 0 Å². The molecule has 1 aliphatic rings. The SMILES string of the molecule is NOCc1nc(C2(c3ccccc3)CCOCC2)no1. The monoisotopic (exact) mass is 275 g/mol. The summed E-state index contributed by atoms with van der Waals surface area (Å²) in [6, 6.07) is 10.2. The van der Waals surface area contributed by atoms with Crippen molar-refractivity contribution in [3.63, 3.8) is 0 Å². The van der Waals surface area contributed by atoms with Crippen LogP contribution in [-0.2, 0) is 21.6 Å². The Kier molecular flexibility index (Phi) is 3.77. The normalized spacial score (nSPS) is 18.1. The van der Waals surface area contributed by atoms with Gasteiger partial charge in [-0.1, -0.05) is 35.5 Å². The van der Waals surface area contributed by atoms with Crippen molar-refractivity contribution < 1.29 is 14.1 Å². The minimum Gasteiger partial charge on any atom is -0.381 e. The molecule has 0 spiro atoms. The van der Waals surface area contributed by atoms with E-state index in [1.807, 2.05) is 18.2 Å². The van der Waals surface area contributed by atoms with Crippen molar-refractivity contribution in [1.29, 1.82) is 0 Å². The molecule has 2 heterocycles. The van der Waals surface area contributed by atoms with Crippen LogP contribution in [0.4, 0.5) is 0 Å². The van der Waals surface area contributed by atoms with E-state index in [-0.39, 0.29) is 12.0 Å². The lowest BCUT2D eigenvalue weighted by atomic mass is 9.73. The molecule has 0 amide bonds. The van der Waals surface area contributed by atoms with Crippen LogP contribution >= 0.6 is 0 Å². The van der Waals surface area contributed by atoms with Crippen LogP contribution in [0, 0.1) is 0 Å². The highest BCUT2D eigenvalue weighted by Crippen LogP contribution is 2.39. The molecule has 0 saturated carbocycles. The second-order valence-electron chi connectivity index (χ2n) is 4.88. The molecular weight excluding hydrogens is 258 g/mol. The number of hydrogen-bond acceptors (Lipinski definition) is 6. The molecule has 1 saturated heterocycles. The van der Waals surface area contributed by atoms with E-state index in [2.05, 4.69) is 27.1 Å². The molecule has 2 N–H and O–H groups in total. The molecule has 0 bridgehead atoms. The fourth-order valence-corrected chi connectivity index (χ4v) is 2.70. The predicted octanol–water partition coefficient (Wildman–Crippen LogP) is 1.56. The highest BCUT2D eigenvalue weighted by Gasteiger charge is 2.40. The van der Waals surface area contributed by atoms with E-state index in [1.165, 1.54) is 5.56 Å². The molecule has 0 atom stereocenters. The molecular formula is C14H17N3O3. The third kappa shape index (κ3) is 2.33. The number of nitrogens with two attached hydrogens (primary N) is 1. The molecule has 0 aliphatic carbocycles. The summed E-state index contributed by atoms with van der Waals surface area (Å²) in [7, 11) is 0. The summed E-state index contributed by atoms with van der Waals surface area (Å²) in [5.74, 6) is 6.12. The number of hydrogen-bond donors (Lipinski definition) is 1. The Balaban J connectivity index is 2.00. The molecule has 2 aromatic rings. The van der Waals surface area contributed by atoms with Crippen LogP contribution < -0.4 is 5.90 Å². The zero-order valence-electron chi connectivity index (χ0n) is 11.1. The largest absolute Gasteiger partial charge is 0.381 e. The summed E-state index contributed by atoms with van der Waals surface area (Å²) in [5.41, 5.74) is 0.930. The predicted molar refractivity (Wildman–Crippen MR) is 70.5 cm³/mol. The highest BCUT2D eigenvalue weighted by molar-refractivity contribution is 5.33.